The second kappa shape index (κ2) is 4.73. The molecule has 0 aromatic rings. The highest BCUT2D eigenvalue weighted by molar-refractivity contribution is 4.86. The summed E-state index contributed by atoms with van der Waals surface area (Å²) in [6, 6.07) is 1.60. The van der Waals surface area contributed by atoms with Gasteiger partial charge in [0.25, 0.3) is 0 Å². The van der Waals surface area contributed by atoms with Gasteiger partial charge in [0.05, 0.1) is 0 Å². The number of methoxy groups -OCH3 is 1. The lowest BCUT2D eigenvalue weighted by molar-refractivity contribution is 0.172. The molecule has 1 saturated heterocycles. The zero-order valence-corrected chi connectivity index (χ0v) is 7.60. The van der Waals surface area contributed by atoms with E-state index in [9.17, 15) is 0 Å². The highest BCUT2D eigenvalue weighted by atomic mass is 16.5. The Hall–Kier alpha value is -0.0800. The molecule has 2 unspecified atom stereocenters. The zero-order chi connectivity index (χ0) is 8.10. The van der Waals surface area contributed by atoms with Crippen molar-refractivity contribution in [1.82, 2.24) is 5.32 Å². The van der Waals surface area contributed by atoms with Crippen molar-refractivity contribution >= 4 is 0 Å². The maximum absolute atomic E-state index is 4.99. The van der Waals surface area contributed by atoms with Crippen LogP contribution in [0.25, 0.3) is 0 Å². The van der Waals surface area contributed by atoms with Crippen LogP contribution in [0.15, 0.2) is 0 Å². The molecule has 0 aromatic carbocycles. The molecule has 66 valence electrons. The first kappa shape index (κ1) is 9.01. The Kier molecular flexibility index (Phi) is 3.87. The van der Waals surface area contributed by atoms with E-state index in [1.165, 1.54) is 25.7 Å². The van der Waals surface area contributed by atoms with Crippen molar-refractivity contribution in [3.63, 3.8) is 0 Å². The number of nitrogens with one attached hydrogen (secondary N) is 1. The standard InChI is InChI=1S/C9H19NO/c1-3-8-7-9(10-8)5-4-6-11-2/h8-10H,3-7H2,1-2H3. The average molecular weight is 157 g/mol. The van der Waals surface area contributed by atoms with Crippen LogP contribution in [0.4, 0.5) is 0 Å². The molecule has 0 aliphatic carbocycles. The van der Waals surface area contributed by atoms with Gasteiger partial charge in [-0.25, -0.2) is 0 Å². The quantitative estimate of drug-likeness (QED) is 0.611. The lowest BCUT2D eigenvalue weighted by Gasteiger charge is -2.36. The lowest BCUT2D eigenvalue weighted by Crippen LogP contribution is -2.51. The molecule has 0 radical (unpaired) electrons. The third-order valence-corrected chi connectivity index (χ3v) is 2.43. The second-order valence-electron chi connectivity index (χ2n) is 3.34. The van der Waals surface area contributed by atoms with Crippen LogP contribution >= 0.6 is 0 Å². The van der Waals surface area contributed by atoms with Gasteiger partial charge in [0.2, 0.25) is 0 Å². The Morgan fingerprint density at radius 2 is 2.18 bits per heavy atom. The van der Waals surface area contributed by atoms with Crippen molar-refractivity contribution in [3.05, 3.63) is 0 Å². The predicted octanol–water partition coefficient (Wildman–Crippen LogP) is 1.55. The Balaban J connectivity index is 1.88. The molecule has 1 N–H and O–H groups in total. The van der Waals surface area contributed by atoms with E-state index in [2.05, 4.69) is 12.2 Å². The van der Waals surface area contributed by atoms with Crippen molar-refractivity contribution in [3.8, 4) is 0 Å². The van der Waals surface area contributed by atoms with Crippen LogP contribution in [-0.2, 0) is 4.74 Å². The SMILES string of the molecule is CCC1CC(CCCOC)N1. The molecule has 1 aliphatic rings. The maximum Gasteiger partial charge on any atom is 0.0462 e. The van der Waals surface area contributed by atoms with Gasteiger partial charge in [-0.2, -0.15) is 0 Å². The van der Waals surface area contributed by atoms with Crippen LogP contribution in [0, 0.1) is 0 Å². The molecular formula is C9H19NO. The van der Waals surface area contributed by atoms with Crippen LogP contribution in [-0.4, -0.2) is 25.8 Å². The van der Waals surface area contributed by atoms with Crippen molar-refractivity contribution in [1.29, 1.82) is 0 Å². The number of ether oxygens (including phenoxy) is 1. The molecule has 2 heteroatoms. The Morgan fingerprint density at radius 1 is 1.45 bits per heavy atom. The fourth-order valence-electron chi connectivity index (χ4n) is 1.61. The van der Waals surface area contributed by atoms with E-state index >= 15 is 0 Å². The molecule has 11 heavy (non-hydrogen) atoms. The Bertz CT molecular complexity index is 99.7. The van der Waals surface area contributed by atoms with Crippen molar-refractivity contribution in [2.45, 2.75) is 44.7 Å². The summed E-state index contributed by atoms with van der Waals surface area (Å²) >= 11 is 0. The van der Waals surface area contributed by atoms with E-state index in [0.717, 1.165) is 18.7 Å². The lowest BCUT2D eigenvalue weighted by atomic mass is 9.92. The number of hydrogen-bond donors (Lipinski definition) is 1. The molecule has 1 fully saturated rings. The largest absolute Gasteiger partial charge is 0.385 e. The van der Waals surface area contributed by atoms with Crippen molar-refractivity contribution < 1.29 is 4.74 Å². The summed E-state index contributed by atoms with van der Waals surface area (Å²) in [7, 11) is 1.77. The summed E-state index contributed by atoms with van der Waals surface area (Å²) in [5, 5.41) is 3.53. The first-order chi connectivity index (χ1) is 5.36. The van der Waals surface area contributed by atoms with Crippen molar-refractivity contribution in [2.24, 2.45) is 0 Å². The summed E-state index contributed by atoms with van der Waals surface area (Å²) in [5.41, 5.74) is 0. The van der Waals surface area contributed by atoms with E-state index in [1.807, 2.05) is 0 Å². The normalized spacial score (nSPS) is 30.0. The van der Waals surface area contributed by atoms with Gasteiger partial charge in [0.15, 0.2) is 0 Å². The number of rotatable bonds is 5. The van der Waals surface area contributed by atoms with Gasteiger partial charge in [-0.3, -0.25) is 0 Å². The Labute approximate surface area is 69.3 Å². The second-order valence-corrected chi connectivity index (χ2v) is 3.34. The molecular weight excluding hydrogens is 138 g/mol. The van der Waals surface area contributed by atoms with Gasteiger partial charge < -0.3 is 10.1 Å². The summed E-state index contributed by atoms with van der Waals surface area (Å²) in [5.74, 6) is 0. The summed E-state index contributed by atoms with van der Waals surface area (Å²) in [6.07, 6.45) is 5.13. The van der Waals surface area contributed by atoms with Crippen molar-refractivity contribution in [2.75, 3.05) is 13.7 Å². The van der Waals surface area contributed by atoms with Gasteiger partial charge in [-0.15, -0.1) is 0 Å². The molecule has 1 heterocycles. The van der Waals surface area contributed by atoms with Gasteiger partial charge in [-0.05, 0) is 25.7 Å². The average Bonchev–Trinajstić information content (AvgIpc) is 1.94. The highest BCUT2D eigenvalue weighted by Crippen LogP contribution is 2.18. The number of hydrogen-bond acceptors (Lipinski definition) is 2. The maximum atomic E-state index is 4.99. The minimum absolute atomic E-state index is 0.787. The molecule has 1 aliphatic heterocycles. The fraction of sp³-hybridized carbons (Fsp3) is 1.00. The van der Waals surface area contributed by atoms with Crippen LogP contribution in [0.1, 0.15) is 32.6 Å². The summed E-state index contributed by atoms with van der Waals surface area (Å²) < 4.78 is 4.99. The van der Waals surface area contributed by atoms with Gasteiger partial charge >= 0.3 is 0 Å². The molecule has 2 nitrogen and oxygen atoms in total. The molecule has 0 aromatic heterocycles. The van der Waals surface area contributed by atoms with E-state index in [0.29, 0.717) is 0 Å². The monoisotopic (exact) mass is 157 g/mol. The van der Waals surface area contributed by atoms with Crippen LogP contribution in [0.2, 0.25) is 0 Å². The van der Waals surface area contributed by atoms with E-state index in [1.54, 1.807) is 7.11 Å². The van der Waals surface area contributed by atoms with Gasteiger partial charge in [0, 0.05) is 25.8 Å². The van der Waals surface area contributed by atoms with Crippen LogP contribution < -0.4 is 5.32 Å². The van der Waals surface area contributed by atoms with Gasteiger partial charge in [0.1, 0.15) is 0 Å². The van der Waals surface area contributed by atoms with Gasteiger partial charge in [-0.1, -0.05) is 6.92 Å². The predicted molar refractivity (Wildman–Crippen MR) is 46.7 cm³/mol. The fourth-order valence-corrected chi connectivity index (χ4v) is 1.61. The molecule has 2 atom stereocenters. The molecule has 0 amide bonds. The van der Waals surface area contributed by atoms with E-state index in [-0.39, 0.29) is 0 Å². The first-order valence-electron chi connectivity index (χ1n) is 4.61. The molecule has 0 bridgehead atoms. The highest BCUT2D eigenvalue weighted by Gasteiger charge is 2.25. The smallest absolute Gasteiger partial charge is 0.0462 e. The zero-order valence-electron chi connectivity index (χ0n) is 7.60. The molecule has 0 saturated carbocycles. The van der Waals surface area contributed by atoms with E-state index in [4.69, 9.17) is 4.74 Å². The topological polar surface area (TPSA) is 21.3 Å². The molecule has 1 rings (SSSR count). The summed E-state index contributed by atoms with van der Waals surface area (Å²) in [6.45, 7) is 3.15. The van der Waals surface area contributed by atoms with Crippen LogP contribution in [0.3, 0.4) is 0 Å². The third kappa shape index (κ3) is 2.80. The first-order valence-corrected chi connectivity index (χ1v) is 4.61. The Morgan fingerprint density at radius 3 is 2.73 bits per heavy atom. The minimum Gasteiger partial charge on any atom is -0.385 e. The van der Waals surface area contributed by atoms with Crippen LogP contribution in [0.5, 0.6) is 0 Å². The van der Waals surface area contributed by atoms with E-state index < -0.39 is 0 Å². The third-order valence-electron chi connectivity index (χ3n) is 2.43. The molecule has 0 spiro atoms. The summed E-state index contributed by atoms with van der Waals surface area (Å²) in [4.78, 5) is 0. The minimum atomic E-state index is 0.787.